The van der Waals surface area contributed by atoms with Crippen LogP contribution in [0, 0.1) is 17.0 Å². The summed E-state index contributed by atoms with van der Waals surface area (Å²) in [5.74, 6) is 5.35. The monoisotopic (exact) mass is 275 g/mol. The van der Waals surface area contributed by atoms with Gasteiger partial charge in [-0.05, 0) is 6.92 Å². The number of anilines is 1. The van der Waals surface area contributed by atoms with Crippen LogP contribution >= 0.6 is 0 Å². The Balaban J connectivity index is 2.46. The molecule has 104 valence electrons. The van der Waals surface area contributed by atoms with Crippen LogP contribution in [0.1, 0.15) is 11.3 Å². The van der Waals surface area contributed by atoms with Crippen molar-refractivity contribution in [1.29, 1.82) is 0 Å². The summed E-state index contributed by atoms with van der Waals surface area (Å²) in [5, 5.41) is 10.9. The van der Waals surface area contributed by atoms with Gasteiger partial charge in [-0.25, -0.2) is 4.98 Å². The number of para-hydroxylation sites is 1. The van der Waals surface area contributed by atoms with Crippen molar-refractivity contribution in [3.63, 3.8) is 0 Å². The van der Waals surface area contributed by atoms with Crippen LogP contribution in [0.2, 0.25) is 0 Å². The molecule has 0 saturated heterocycles. The van der Waals surface area contributed by atoms with Crippen LogP contribution in [0.15, 0.2) is 35.4 Å². The van der Waals surface area contributed by atoms with E-state index in [-0.39, 0.29) is 23.5 Å². The molecule has 0 fully saturated rings. The minimum Gasteiger partial charge on any atom is -0.318 e. The van der Waals surface area contributed by atoms with Gasteiger partial charge in [0.1, 0.15) is 5.69 Å². The summed E-state index contributed by atoms with van der Waals surface area (Å²) < 4.78 is 1.35. The molecule has 0 amide bonds. The van der Waals surface area contributed by atoms with Crippen molar-refractivity contribution in [3.8, 4) is 0 Å². The highest BCUT2D eigenvalue weighted by molar-refractivity contribution is 5.65. The van der Waals surface area contributed by atoms with Crippen LogP contribution in [-0.2, 0) is 6.54 Å². The van der Waals surface area contributed by atoms with Crippen LogP contribution in [0.5, 0.6) is 0 Å². The highest BCUT2D eigenvalue weighted by Gasteiger charge is 2.16. The second-order valence-corrected chi connectivity index (χ2v) is 4.21. The number of nitrogens with two attached hydrogens (primary N) is 1. The van der Waals surface area contributed by atoms with Crippen molar-refractivity contribution in [2.45, 2.75) is 13.5 Å². The predicted molar refractivity (Wildman–Crippen MR) is 73.2 cm³/mol. The van der Waals surface area contributed by atoms with Gasteiger partial charge in [-0.3, -0.25) is 25.3 Å². The summed E-state index contributed by atoms with van der Waals surface area (Å²) in [6.45, 7) is 1.86. The fourth-order valence-electron chi connectivity index (χ4n) is 1.86. The number of nitro benzene ring substituents is 1. The summed E-state index contributed by atoms with van der Waals surface area (Å²) >= 11 is 0. The fourth-order valence-corrected chi connectivity index (χ4v) is 1.86. The number of nitrogens with one attached hydrogen (secondary N) is 1. The number of nitrogens with zero attached hydrogens (tertiary/aromatic N) is 3. The van der Waals surface area contributed by atoms with Crippen LogP contribution in [0.25, 0.3) is 0 Å². The Morgan fingerprint density at radius 2 is 2.25 bits per heavy atom. The van der Waals surface area contributed by atoms with E-state index in [2.05, 4.69) is 10.4 Å². The number of nitrogen functional groups attached to an aromatic ring is 1. The average Bonchev–Trinajstić information content (AvgIpc) is 2.41. The van der Waals surface area contributed by atoms with Gasteiger partial charge in [-0.2, -0.15) is 0 Å². The topological polar surface area (TPSA) is 116 Å². The van der Waals surface area contributed by atoms with E-state index in [9.17, 15) is 14.9 Å². The van der Waals surface area contributed by atoms with E-state index in [1.165, 1.54) is 23.0 Å². The van der Waals surface area contributed by atoms with E-state index in [0.29, 0.717) is 11.3 Å². The van der Waals surface area contributed by atoms with Gasteiger partial charge in [0.25, 0.3) is 11.2 Å². The third-order valence-corrected chi connectivity index (χ3v) is 2.83. The number of aromatic nitrogens is 2. The highest BCUT2D eigenvalue weighted by atomic mass is 16.6. The van der Waals surface area contributed by atoms with Crippen LogP contribution in [-0.4, -0.2) is 14.5 Å². The van der Waals surface area contributed by atoms with Crippen LogP contribution < -0.4 is 16.8 Å². The lowest BCUT2D eigenvalue weighted by atomic mass is 10.1. The minimum absolute atomic E-state index is 0.141. The SMILES string of the molecule is Cc1cc(=O)n(Cc2cccc([N+](=O)[O-])c2NN)cn1. The number of nitro groups is 1. The van der Waals surface area contributed by atoms with Gasteiger partial charge < -0.3 is 5.43 Å². The molecule has 0 aliphatic heterocycles. The normalized spacial score (nSPS) is 10.3. The molecule has 0 saturated carbocycles. The van der Waals surface area contributed by atoms with E-state index in [1.807, 2.05) is 0 Å². The van der Waals surface area contributed by atoms with Crippen molar-refractivity contribution in [1.82, 2.24) is 9.55 Å². The Kier molecular flexibility index (Phi) is 3.76. The lowest BCUT2D eigenvalue weighted by molar-refractivity contribution is -0.384. The van der Waals surface area contributed by atoms with Crippen molar-refractivity contribution < 1.29 is 4.92 Å². The Labute approximate surface area is 114 Å². The van der Waals surface area contributed by atoms with E-state index in [1.54, 1.807) is 19.1 Å². The molecule has 2 rings (SSSR count). The summed E-state index contributed by atoms with van der Waals surface area (Å²) in [4.78, 5) is 26.2. The molecule has 0 radical (unpaired) electrons. The molecule has 1 aromatic heterocycles. The average molecular weight is 275 g/mol. The first-order valence-corrected chi connectivity index (χ1v) is 5.79. The lowest BCUT2D eigenvalue weighted by Crippen LogP contribution is -2.22. The van der Waals surface area contributed by atoms with Gasteiger partial charge in [0, 0.05) is 23.4 Å². The maximum atomic E-state index is 11.8. The van der Waals surface area contributed by atoms with Gasteiger partial charge in [0.2, 0.25) is 0 Å². The zero-order valence-corrected chi connectivity index (χ0v) is 10.7. The molecule has 0 aliphatic carbocycles. The number of hydrogen-bond acceptors (Lipinski definition) is 6. The number of hydrazine groups is 1. The van der Waals surface area contributed by atoms with Crippen molar-refractivity contribution in [2.24, 2.45) is 5.84 Å². The first-order chi connectivity index (χ1) is 9.52. The second kappa shape index (κ2) is 5.49. The molecule has 2 aromatic rings. The standard InChI is InChI=1S/C12H13N5O3/c1-8-5-11(18)16(7-14-8)6-9-3-2-4-10(17(19)20)12(9)15-13/h2-5,7,15H,6,13H2,1H3. The predicted octanol–water partition coefficient (Wildman–Crippen LogP) is 0.794. The summed E-state index contributed by atoms with van der Waals surface area (Å²) in [6, 6.07) is 5.94. The maximum Gasteiger partial charge on any atom is 0.293 e. The number of rotatable bonds is 4. The van der Waals surface area contributed by atoms with E-state index >= 15 is 0 Å². The number of aryl methyl sites for hydroxylation is 1. The summed E-state index contributed by atoms with van der Waals surface area (Å²) in [7, 11) is 0. The molecule has 0 spiro atoms. The molecule has 8 nitrogen and oxygen atoms in total. The van der Waals surface area contributed by atoms with E-state index < -0.39 is 4.92 Å². The molecule has 3 N–H and O–H groups in total. The van der Waals surface area contributed by atoms with Crippen LogP contribution in [0.3, 0.4) is 0 Å². The second-order valence-electron chi connectivity index (χ2n) is 4.21. The Bertz CT molecular complexity index is 710. The van der Waals surface area contributed by atoms with Crippen molar-refractivity contribution >= 4 is 11.4 Å². The van der Waals surface area contributed by atoms with E-state index in [0.717, 1.165) is 0 Å². The summed E-state index contributed by atoms with van der Waals surface area (Å²) in [6.07, 6.45) is 1.40. The Morgan fingerprint density at radius 3 is 2.85 bits per heavy atom. The van der Waals surface area contributed by atoms with Gasteiger partial charge in [-0.15, -0.1) is 0 Å². The third kappa shape index (κ3) is 2.64. The third-order valence-electron chi connectivity index (χ3n) is 2.83. The Morgan fingerprint density at radius 1 is 1.50 bits per heavy atom. The molecule has 1 aromatic carbocycles. The Hall–Kier alpha value is -2.74. The number of hydrogen-bond donors (Lipinski definition) is 2. The lowest BCUT2D eigenvalue weighted by Gasteiger charge is -2.10. The van der Waals surface area contributed by atoms with Gasteiger partial charge >= 0.3 is 0 Å². The molecule has 0 bridgehead atoms. The van der Waals surface area contributed by atoms with Gasteiger partial charge in [-0.1, -0.05) is 12.1 Å². The summed E-state index contributed by atoms with van der Waals surface area (Å²) in [5.41, 5.74) is 3.28. The van der Waals surface area contributed by atoms with Crippen molar-refractivity contribution in [3.05, 3.63) is 62.3 Å². The smallest absolute Gasteiger partial charge is 0.293 e. The first-order valence-electron chi connectivity index (χ1n) is 5.79. The van der Waals surface area contributed by atoms with E-state index in [4.69, 9.17) is 5.84 Å². The highest BCUT2D eigenvalue weighted by Crippen LogP contribution is 2.27. The molecular weight excluding hydrogens is 262 g/mol. The largest absolute Gasteiger partial charge is 0.318 e. The first kappa shape index (κ1) is 13.7. The van der Waals surface area contributed by atoms with Crippen molar-refractivity contribution in [2.75, 3.05) is 5.43 Å². The molecule has 0 unspecified atom stereocenters. The minimum atomic E-state index is -0.533. The number of benzene rings is 1. The molecule has 20 heavy (non-hydrogen) atoms. The zero-order valence-electron chi connectivity index (χ0n) is 10.7. The zero-order chi connectivity index (χ0) is 14.7. The maximum absolute atomic E-state index is 11.8. The molecule has 1 heterocycles. The quantitative estimate of drug-likeness (QED) is 0.484. The molecule has 0 aliphatic rings. The van der Waals surface area contributed by atoms with Gasteiger partial charge in [0.05, 0.1) is 17.8 Å². The fraction of sp³-hybridized carbons (Fsp3) is 0.167. The van der Waals surface area contributed by atoms with Gasteiger partial charge in [0.15, 0.2) is 0 Å². The van der Waals surface area contributed by atoms with Crippen LogP contribution in [0.4, 0.5) is 11.4 Å². The molecule has 0 atom stereocenters. The molecular formula is C12H13N5O3. The molecule has 8 heteroatoms.